The van der Waals surface area contributed by atoms with Crippen molar-refractivity contribution in [2.45, 2.75) is 12.3 Å². The van der Waals surface area contributed by atoms with E-state index in [0.29, 0.717) is 11.7 Å². The summed E-state index contributed by atoms with van der Waals surface area (Å²) in [5.41, 5.74) is 1.99. The smallest absolute Gasteiger partial charge is 0.231 e. The first-order valence-electron chi connectivity index (χ1n) is 7.07. The number of carbonyl (C=O) groups is 1. The lowest BCUT2D eigenvalue weighted by molar-refractivity contribution is -0.117. The van der Waals surface area contributed by atoms with Crippen LogP contribution in [0.2, 0.25) is 0 Å². The Bertz CT molecular complexity index is 684. The van der Waals surface area contributed by atoms with E-state index in [4.69, 9.17) is 9.47 Å². The Hall–Kier alpha value is -2.49. The van der Waals surface area contributed by atoms with E-state index in [1.165, 1.54) is 5.56 Å². The van der Waals surface area contributed by atoms with Crippen LogP contribution in [0.15, 0.2) is 48.5 Å². The molecule has 1 fully saturated rings. The molecule has 4 heteroatoms. The number of fused-ring (bicyclic) bond motifs is 1. The highest BCUT2D eigenvalue weighted by Crippen LogP contribution is 2.48. The summed E-state index contributed by atoms with van der Waals surface area (Å²) in [4.78, 5) is 12.3. The Balaban J connectivity index is 1.43. The molecular formula is C17H15NO3. The van der Waals surface area contributed by atoms with E-state index in [9.17, 15) is 4.79 Å². The van der Waals surface area contributed by atoms with Crippen molar-refractivity contribution in [1.82, 2.24) is 0 Å². The molecule has 2 atom stereocenters. The molecule has 2 aromatic carbocycles. The Morgan fingerprint density at radius 3 is 2.71 bits per heavy atom. The Morgan fingerprint density at radius 2 is 1.86 bits per heavy atom. The van der Waals surface area contributed by atoms with Crippen LogP contribution in [-0.4, -0.2) is 12.7 Å². The second-order valence-electron chi connectivity index (χ2n) is 5.42. The van der Waals surface area contributed by atoms with Gasteiger partial charge >= 0.3 is 0 Å². The van der Waals surface area contributed by atoms with Crippen molar-refractivity contribution in [2.24, 2.45) is 5.92 Å². The number of rotatable bonds is 3. The first-order chi connectivity index (χ1) is 10.3. The summed E-state index contributed by atoms with van der Waals surface area (Å²) in [6.07, 6.45) is 0.917. The maximum absolute atomic E-state index is 12.3. The Labute approximate surface area is 122 Å². The fraction of sp³-hybridized carbons (Fsp3) is 0.235. The summed E-state index contributed by atoms with van der Waals surface area (Å²) in [6, 6.07) is 15.6. The van der Waals surface area contributed by atoms with E-state index < -0.39 is 0 Å². The van der Waals surface area contributed by atoms with Crippen LogP contribution in [0.1, 0.15) is 17.9 Å². The van der Waals surface area contributed by atoms with Crippen molar-refractivity contribution < 1.29 is 14.3 Å². The lowest BCUT2D eigenvalue weighted by atomic mass is 10.1. The van der Waals surface area contributed by atoms with Crippen LogP contribution in [0.4, 0.5) is 5.69 Å². The molecule has 1 heterocycles. The van der Waals surface area contributed by atoms with Crippen LogP contribution in [0.3, 0.4) is 0 Å². The summed E-state index contributed by atoms with van der Waals surface area (Å²) in [5, 5.41) is 2.96. The van der Waals surface area contributed by atoms with E-state index in [2.05, 4.69) is 17.4 Å². The SMILES string of the molecule is O=C(Nc1ccc2c(c1)OCO2)[C@@H]1C[C@H]1c1ccccc1. The summed E-state index contributed by atoms with van der Waals surface area (Å²) >= 11 is 0. The minimum atomic E-state index is 0.0674. The molecule has 0 saturated heterocycles. The van der Waals surface area contributed by atoms with Gasteiger partial charge in [-0.3, -0.25) is 4.79 Å². The lowest BCUT2D eigenvalue weighted by Crippen LogP contribution is -2.14. The molecule has 1 amide bonds. The third kappa shape index (κ3) is 2.33. The first-order valence-corrected chi connectivity index (χ1v) is 7.07. The highest BCUT2D eigenvalue weighted by Gasteiger charge is 2.43. The van der Waals surface area contributed by atoms with E-state index >= 15 is 0 Å². The highest BCUT2D eigenvalue weighted by molar-refractivity contribution is 5.95. The molecule has 2 aromatic rings. The molecule has 1 N–H and O–H groups in total. The normalized spacial score (nSPS) is 21.9. The molecule has 1 aliphatic heterocycles. The molecule has 0 bridgehead atoms. The van der Waals surface area contributed by atoms with Gasteiger partial charge in [-0.1, -0.05) is 30.3 Å². The fourth-order valence-corrected chi connectivity index (χ4v) is 2.76. The zero-order valence-electron chi connectivity index (χ0n) is 11.4. The average Bonchev–Trinajstić information content (AvgIpc) is 3.19. The Morgan fingerprint density at radius 1 is 1.05 bits per heavy atom. The number of nitrogens with one attached hydrogen (secondary N) is 1. The van der Waals surface area contributed by atoms with Crippen molar-refractivity contribution >= 4 is 11.6 Å². The fourth-order valence-electron chi connectivity index (χ4n) is 2.76. The van der Waals surface area contributed by atoms with Gasteiger partial charge in [0, 0.05) is 17.7 Å². The van der Waals surface area contributed by atoms with Crippen LogP contribution in [0, 0.1) is 5.92 Å². The first kappa shape index (κ1) is 12.3. The van der Waals surface area contributed by atoms with Gasteiger partial charge in [0.1, 0.15) is 0 Å². The predicted molar refractivity (Wildman–Crippen MR) is 78.5 cm³/mol. The number of hydrogen-bond donors (Lipinski definition) is 1. The summed E-state index contributed by atoms with van der Waals surface area (Å²) in [5.74, 6) is 1.89. The van der Waals surface area contributed by atoms with Crippen LogP contribution in [-0.2, 0) is 4.79 Å². The van der Waals surface area contributed by atoms with Crippen molar-refractivity contribution in [3.8, 4) is 11.5 Å². The standard InChI is InChI=1S/C17H15NO3/c19-17(14-9-13(14)11-4-2-1-3-5-11)18-12-6-7-15-16(8-12)21-10-20-15/h1-8,13-14H,9-10H2,(H,18,19)/t13-,14+/m0/s1. The minimum Gasteiger partial charge on any atom is -0.454 e. The summed E-state index contributed by atoms with van der Waals surface area (Å²) < 4.78 is 10.6. The highest BCUT2D eigenvalue weighted by atomic mass is 16.7. The number of hydrogen-bond acceptors (Lipinski definition) is 3. The molecule has 2 aliphatic rings. The second kappa shape index (κ2) is 4.81. The van der Waals surface area contributed by atoms with Crippen LogP contribution >= 0.6 is 0 Å². The summed E-state index contributed by atoms with van der Waals surface area (Å²) in [6.45, 7) is 0.242. The number of carbonyl (C=O) groups excluding carboxylic acids is 1. The molecular weight excluding hydrogens is 266 g/mol. The molecule has 4 rings (SSSR count). The van der Waals surface area contributed by atoms with E-state index in [1.807, 2.05) is 30.3 Å². The van der Waals surface area contributed by atoms with Crippen molar-refractivity contribution in [2.75, 3.05) is 12.1 Å². The van der Waals surface area contributed by atoms with Gasteiger partial charge < -0.3 is 14.8 Å². The van der Waals surface area contributed by atoms with Gasteiger partial charge in [0.25, 0.3) is 0 Å². The second-order valence-corrected chi connectivity index (χ2v) is 5.42. The van der Waals surface area contributed by atoms with Gasteiger partial charge in [0.2, 0.25) is 12.7 Å². The van der Waals surface area contributed by atoms with Crippen molar-refractivity contribution in [1.29, 1.82) is 0 Å². The molecule has 1 aliphatic carbocycles. The van der Waals surface area contributed by atoms with E-state index in [-0.39, 0.29) is 18.6 Å². The molecule has 4 nitrogen and oxygen atoms in total. The largest absolute Gasteiger partial charge is 0.454 e. The molecule has 106 valence electrons. The molecule has 0 spiro atoms. The van der Waals surface area contributed by atoms with Gasteiger partial charge in [-0.25, -0.2) is 0 Å². The van der Waals surface area contributed by atoms with E-state index in [0.717, 1.165) is 17.9 Å². The quantitative estimate of drug-likeness (QED) is 0.940. The maximum atomic E-state index is 12.3. The number of amides is 1. The van der Waals surface area contributed by atoms with Crippen molar-refractivity contribution in [3.05, 3.63) is 54.1 Å². The van der Waals surface area contributed by atoms with Gasteiger partial charge in [-0.2, -0.15) is 0 Å². The van der Waals surface area contributed by atoms with Crippen molar-refractivity contribution in [3.63, 3.8) is 0 Å². The summed E-state index contributed by atoms with van der Waals surface area (Å²) in [7, 11) is 0. The topological polar surface area (TPSA) is 47.6 Å². The number of benzene rings is 2. The van der Waals surface area contributed by atoms with Gasteiger partial charge in [0.05, 0.1) is 0 Å². The van der Waals surface area contributed by atoms with Crippen LogP contribution in [0.5, 0.6) is 11.5 Å². The maximum Gasteiger partial charge on any atom is 0.231 e. The zero-order valence-corrected chi connectivity index (χ0v) is 11.4. The molecule has 0 unspecified atom stereocenters. The Kier molecular flexibility index (Phi) is 2.81. The number of ether oxygens (including phenoxy) is 2. The zero-order chi connectivity index (χ0) is 14.2. The average molecular weight is 281 g/mol. The minimum absolute atomic E-state index is 0.0674. The molecule has 0 aromatic heterocycles. The molecule has 0 radical (unpaired) electrons. The predicted octanol–water partition coefficient (Wildman–Crippen LogP) is 3.16. The van der Waals surface area contributed by atoms with Gasteiger partial charge in [-0.05, 0) is 30.0 Å². The lowest BCUT2D eigenvalue weighted by Gasteiger charge is -2.06. The molecule has 1 saturated carbocycles. The van der Waals surface area contributed by atoms with E-state index in [1.54, 1.807) is 6.07 Å². The number of anilines is 1. The monoisotopic (exact) mass is 281 g/mol. The molecule has 21 heavy (non-hydrogen) atoms. The van der Waals surface area contributed by atoms with Gasteiger partial charge in [-0.15, -0.1) is 0 Å². The van der Waals surface area contributed by atoms with Crippen LogP contribution in [0.25, 0.3) is 0 Å². The third-order valence-electron chi connectivity index (χ3n) is 4.00. The third-order valence-corrected chi connectivity index (χ3v) is 4.00. The van der Waals surface area contributed by atoms with Gasteiger partial charge in [0.15, 0.2) is 11.5 Å². The van der Waals surface area contributed by atoms with Crippen LogP contribution < -0.4 is 14.8 Å².